The van der Waals surface area contributed by atoms with Gasteiger partial charge in [0.2, 0.25) is 0 Å². The molecular formula is C20H24ClN3O3. The summed E-state index contributed by atoms with van der Waals surface area (Å²) in [7, 11) is 5.28. The molecule has 1 aromatic carbocycles. The number of furan rings is 1. The zero-order chi connectivity index (χ0) is 18.5. The molecule has 6 nitrogen and oxygen atoms in total. The third kappa shape index (κ3) is 4.76. The molecule has 1 saturated heterocycles. The van der Waals surface area contributed by atoms with E-state index in [9.17, 15) is 5.26 Å². The van der Waals surface area contributed by atoms with E-state index in [4.69, 9.17) is 13.9 Å². The van der Waals surface area contributed by atoms with Crippen molar-refractivity contribution in [1.82, 2.24) is 4.90 Å². The van der Waals surface area contributed by atoms with Crippen molar-refractivity contribution < 1.29 is 13.9 Å². The Bertz CT molecular complexity index is 833. The van der Waals surface area contributed by atoms with E-state index >= 15 is 0 Å². The van der Waals surface area contributed by atoms with Gasteiger partial charge >= 0.3 is 0 Å². The fraction of sp³-hybridized carbons (Fsp3) is 0.350. The summed E-state index contributed by atoms with van der Waals surface area (Å²) in [5.74, 6) is 2.71. The summed E-state index contributed by atoms with van der Waals surface area (Å²) in [6.07, 6.45) is 1.75. The molecule has 0 bridgehead atoms. The Kier molecular flexibility index (Phi) is 7.17. The van der Waals surface area contributed by atoms with Gasteiger partial charge in [-0.05, 0) is 43.0 Å². The summed E-state index contributed by atoms with van der Waals surface area (Å²) in [6.45, 7) is 3.91. The van der Waals surface area contributed by atoms with Crippen LogP contribution in [0.2, 0.25) is 0 Å². The van der Waals surface area contributed by atoms with Crippen molar-refractivity contribution in [3.05, 3.63) is 41.7 Å². The number of halogens is 1. The highest BCUT2D eigenvalue weighted by Crippen LogP contribution is 2.31. The summed E-state index contributed by atoms with van der Waals surface area (Å²) in [6, 6.07) is 11.5. The van der Waals surface area contributed by atoms with E-state index < -0.39 is 0 Å². The monoisotopic (exact) mass is 389 g/mol. The highest BCUT2D eigenvalue weighted by atomic mass is 35.5. The molecule has 144 valence electrons. The van der Waals surface area contributed by atoms with Crippen molar-refractivity contribution in [2.45, 2.75) is 0 Å². The van der Waals surface area contributed by atoms with Gasteiger partial charge in [0.25, 0.3) is 0 Å². The Morgan fingerprint density at radius 3 is 2.41 bits per heavy atom. The van der Waals surface area contributed by atoms with Crippen LogP contribution >= 0.6 is 12.4 Å². The van der Waals surface area contributed by atoms with Gasteiger partial charge in [-0.1, -0.05) is 0 Å². The first-order chi connectivity index (χ1) is 12.6. The molecular weight excluding hydrogens is 366 g/mol. The summed E-state index contributed by atoms with van der Waals surface area (Å²) >= 11 is 0. The van der Waals surface area contributed by atoms with E-state index in [-0.39, 0.29) is 12.4 Å². The average Bonchev–Trinajstić information content (AvgIpc) is 3.14. The quantitative estimate of drug-likeness (QED) is 0.729. The zero-order valence-electron chi connectivity index (χ0n) is 15.8. The van der Waals surface area contributed by atoms with Crippen LogP contribution in [-0.2, 0) is 0 Å². The third-order valence-corrected chi connectivity index (χ3v) is 4.53. The number of nitriles is 1. The molecule has 0 N–H and O–H groups in total. The number of nitrogens with zero attached hydrogens (tertiary/aromatic N) is 3. The zero-order valence-corrected chi connectivity index (χ0v) is 16.6. The third-order valence-electron chi connectivity index (χ3n) is 4.53. The first kappa shape index (κ1) is 20.7. The molecule has 0 unspecified atom stereocenters. The fourth-order valence-electron chi connectivity index (χ4n) is 2.94. The minimum absolute atomic E-state index is 0. The highest BCUT2D eigenvalue weighted by molar-refractivity contribution is 5.89. The van der Waals surface area contributed by atoms with Crippen LogP contribution in [0.5, 0.6) is 11.5 Å². The molecule has 0 radical (unpaired) electrons. The molecule has 27 heavy (non-hydrogen) atoms. The molecule has 1 aromatic heterocycles. The Morgan fingerprint density at radius 1 is 1.07 bits per heavy atom. The summed E-state index contributed by atoms with van der Waals surface area (Å²) in [5.41, 5.74) is 1.26. The maximum atomic E-state index is 9.57. The number of likely N-dealkylation sites (N-methyl/N-ethyl adjacent to an activating group) is 1. The lowest BCUT2D eigenvalue weighted by molar-refractivity contribution is 0.306. The molecule has 1 fully saturated rings. The van der Waals surface area contributed by atoms with Gasteiger partial charge in [-0.3, -0.25) is 0 Å². The van der Waals surface area contributed by atoms with E-state index in [1.54, 1.807) is 32.4 Å². The van der Waals surface area contributed by atoms with Crippen LogP contribution in [-0.4, -0.2) is 52.3 Å². The van der Waals surface area contributed by atoms with E-state index in [0.717, 1.165) is 37.6 Å². The number of methoxy groups -OCH3 is 2. The van der Waals surface area contributed by atoms with Gasteiger partial charge in [0.1, 0.15) is 5.76 Å². The second kappa shape index (κ2) is 9.36. The van der Waals surface area contributed by atoms with E-state index in [2.05, 4.69) is 22.9 Å². The van der Waals surface area contributed by atoms with Crippen molar-refractivity contribution >= 4 is 29.9 Å². The lowest BCUT2D eigenvalue weighted by Crippen LogP contribution is -2.44. The fourth-order valence-corrected chi connectivity index (χ4v) is 2.94. The van der Waals surface area contributed by atoms with Gasteiger partial charge in [0, 0.05) is 32.2 Å². The van der Waals surface area contributed by atoms with Crippen LogP contribution in [0.25, 0.3) is 11.6 Å². The molecule has 2 aromatic rings. The van der Waals surface area contributed by atoms with Crippen molar-refractivity contribution in [2.75, 3.05) is 52.3 Å². The number of anilines is 1. The van der Waals surface area contributed by atoms with Crippen LogP contribution in [0.1, 0.15) is 11.3 Å². The lowest BCUT2D eigenvalue weighted by Gasteiger charge is -2.32. The standard InChI is InChI=1S/C20H23N3O3.ClH/c1-22-8-10-23(11-9-22)20-7-5-17(26-20)12-16(14-21)15-4-6-18(24-2)19(13-15)25-3;/h4-7,12-13H,8-11H2,1-3H3;1H/b16-12+;. The van der Waals surface area contributed by atoms with Gasteiger partial charge in [-0.25, -0.2) is 0 Å². The van der Waals surface area contributed by atoms with Gasteiger partial charge in [-0.2, -0.15) is 5.26 Å². The minimum Gasteiger partial charge on any atom is -0.493 e. The highest BCUT2D eigenvalue weighted by Gasteiger charge is 2.17. The molecule has 0 saturated carbocycles. The van der Waals surface area contributed by atoms with Crippen LogP contribution in [0.4, 0.5) is 5.88 Å². The first-order valence-corrected chi connectivity index (χ1v) is 8.52. The van der Waals surface area contributed by atoms with E-state index in [0.29, 0.717) is 22.8 Å². The maximum absolute atomic E-state index is 9.57. The average molecular weight is 390 g/mol. The lowest BCUT2D eigenvalue weighted by atomic mass is 10.1. The van der Waals surface area contributed by atoms with Crippen molar-refractivity contribution in [3.63, 3.8) is 0 Å². The molecule has 7 heteroatoms. The van der Waals surface area contributed by atoms with Gasteiger partial charge in [0.05, 0.1) is 25.9 Å². The molecule has 3 rings (SSSR count). The molecule has 0 spiro atoms. The minimum atomic E-state index is 0. The van der Waals surface area contributed by atoms with Crippen LogP contribution < -0.4 is 14.4 Å². The molecule has 0 amide bonds. The Labute approximate surface area is 166 Å². The molecule has 0 aliphatic carbocycles. The summed E-state index contributed by atoms with van der Waals surface area (Å²) < 4.78 is 16.5. The van der Waals surface area contributed by atoms with Crippen molar-refractivity contribution in [3.8, 4) is 17.6 Å². The number of piperazine rings is 1. The van der Waals surface area contributed by atoms with Crippen LogP contribution in [0.3, 0.4) is 0 Å². The number of allylic oxidation sites excluding steroid dienone is 1. The number of ether oxygens (including phenoxy) is 2. The predicted octanol–water partition coefficient (Wildman–Crippen LogP) is 3.53. The maximum Gasteiger partial charge on any atom is 0.196 e. The Balaban J connectivity index is 0.00000261. The second-order valence-electron chi connectivity index (χ2n) is 6.21. The topological polar surface area (TPSA) is 61.9 Å². The molecule has 1 aliphatic rings. The number of rotatable bonds is 5. The van der Waals surface area contributed by atoms with E-state index in [1.807, 2.05) is 18.2 Å². The molecule has 1 aliphatic heterocycles. The van der Waals surface area contributed by atoms with E-state index in [1.165, 1.54) is 0 Å². The first-order valence-electron chi connectivity index (χ1n) is 8.52. The predicted molar refractivity (Wildman–Crippen MR) is 109 cm³/mol. The molecule has 2 heterocycles. The second-order valence-corrected chi connectivity index (χ2v) is 6.21. The van der Waals surface area contributed by atoms with Gasteiger partial charge < -0.3 is 23.7 Å². The Morgan fingerprint density at radius 2 is 1.78 bits per heavy atom. The smallest absolute Gasteiger partial charge is 0.196 e. The number of benzene rings is 1. The summed E-state index contributed by atoms with van der Waals surface area (Å²) in [5, 5.41) is 9.57. The number of hydrogen-bond acceptors (Lipinski definition) is 6. The van der Waals surface area contributed by atoms with Crippen molar-refractivity contribution in [1.29, 1.82) is 5.26 Å². The van der Waals surface area contributed by atoms with Crippen LogP contribution in [0.15, 0.2) is 34.7 Å². The van der Waals surface area contributed by atoms with Crippen LogP contribution in [0, 0.1) is 11.3 Å². The Hall–Kier alpha value is -2.62. The van der Waals surface area contributed by atoms with Gasteiger partial charge in [0.15, 0.2) is 17.4 Å². The SMILES string of the molecule is COc1ccc(/C(C#N)=C/c2ccc(N3CCN(C)CC3)o2)cc1OC.Cl. The number of hydrogen-bond donors (Lipinski definition) is 0. The summed E-state index contributed by atoms with van der Waals surface area (Å²) in [4.78, 5) is 4.52. The van der Waals surface area contributed by atoms with Crippen molar-refractivity contribution in [2.24, 2.45) is 0 Å². The normalized spacial score (nSPS) is 15.0. The molecule has 0 atom stereocenters. The largest absolute Gasteiger partial charge is 0.493 e. The van der Waals surface area contributed by atoms with Gasteiger partial charge in [-0.15, -0.1) is 12.4 Å².